The molecule has 118 valence electrons. The lowest BCUT2D eigenvalue weighted by molar-refractivity contribution is -0.135. The lowest BCUT2D eigenvalue weighted by atomic mass is 10.2. The van der Waals surface area contributed by atoms with Crippen molar-refractivity contribution in [2.24, 2.45) is 0 Å². The second-order valence-electron chi connectivity index (χ2n) is 4.97. The summed E-state index contributed by atoms with van der Waals surface area (Å²) in [7, 11) is 0. The SMILES string of the molecule is O=C[C@@H]1CSCN1C(=O)CCC(=O)NCc1ccc(Cl)cc1. The Balaban J connectivity index is 1.72. The van der Waals surface area contributed by atoms with E-state index in [1.165, 1.54) is 4.90 Å². The van der Waals surface area contributed by atoms with Gasteiger partial charge in [-0.2, -0.15) is 0 Å². The predicted octanol–water partition coefficient (Wildman–Crippen LogP) is 1.84. The highest BCUT2D eigenvalue weighted by Gasteiger charge is 2.28. The smallest absolute Gasteiger partial charge is 0.224 e. The van der Waals surface area contributed by atoms with Crippen molar-refractivity contribution >= 4 is 41.5 Å². The van der Waals surface area contributed by atoms with E-state index in [1.54, 1.807) is 23.9 Å². The van der Waals surface area contributed by atoms with E-state index in [1.807, 2.05) is 12.1 Å². The van der Waals surface area contributed by atoms with Gasteiger partial charge in [0.2, 0.25) is 11.8 Å². The Kier molecular flexibility index (Phi) is 6.27. The molecule has 7 heteroatoms. The van der Waals surface area contributed by atoms with Gasteiger partial charge in [-0.3, -0.25) is 9.59 Å². The second kappa shape index (κ2) is 8.19. The van der Waals surface area contributed by atoms with Crippen LogP contribution in [-0.4, -0.2) is 40.7 Å². The molecule has 0 radical (unpaired) electrons. The maximum absolute atomic E-state index is 12.0. The van der Waals surface area contributed by atoms with Crippen molar-refractivity contribution < 1.29 is 14.4 Å². The molecule has 1 N–H and O–H groups in total. The van der Waals surface area contributed by atoms with Crippen molar-refractivity contribution in [2.75, 3.05) is 11.6 Å². The quantitative estimate of drug-likeness (QED) is 0.802. The highest BCUT2D eigenvalue weighted by Crippen LogP contribution is 2.20. The van der Waals surface area contributed by atoms with Crippen LogP contribution in [0, 0.1) is 0 Å². The molecular formula is C15H17ClN2O3S. The summed E-state index contributed by atoms with van der Waals surface area (Å²) in [6.07, 6.45) is 1.04. The molecule has 1 fully saturated rings. The van der Waals surface area contributed by atoms with E-state index in [0.717, 1.165) is 11.8 Å². The number of aldehydes is 1. The molecule has 1 atom stereocenters. The number of carbonyl (C=O) groups excluding carboxylic acids is 3. The number of hydrogen-bond acceptors (Lipinski definition) is 4. The standard InChI is InChI=1S/C15H17ClN2O3S/c16-12-3-1-11(2-4-12)7-17-14(20)5-6-15(21)18-10-22-9-13(18)8-19/h1-4,8,13H,5-7,9-10H2,(H,17,20)/t13-/m1/s1. The van der Waals surface area contributed by atoms with Gasteiger partial charge in [-0.25, -0.2) is 0 Å². The lowest BCUT2D eigenvalue weighted by Gasteiger charge is -2.19. The number of halogens is 1. The third-order valence-electron chi connectivity index (χ3n) is 3.37. The fraction of sp³-hybridized carbons (Fsp3) is 0.400. The first-order valence-electron chi connectivity index (χ1n) is 6.94. The lowest BCUT2D eigenvalue weighted by Crippen LogP contribution is -2.38. The highest BCUT2D eigenvalue weighted by atomic mass is 35.5. The van der Waals surface area contributed by atoms with Crippen molar-refractivity contribution in [3.05, 3.63) is 34.9 Å². The molecule has 2 rings (SSSR count). The van der Waals surface area contributed by atoms with Crippen LogP contribution in [0.25, 0.3) is 0 Å². The molecule has 0 unspecified atom stereocenters. The predicted molar refractivity (Wildman–Crippen MR) is 86.6 cm³/mol. The third kappa shape index (κ3) is 4.74. The van der Waals surface area contributed by atoms with Crippen LogP contribution in [0.4, 0.5) is 0 Å². The molecule has 0 saturated carbocycles. The second-order valence-corrected chi connectivity index (χ2v) is 6.41. The average molecular weight is 341 g/mol. The molecular weight excluding hydrogens is 324 g/mol. The van der Waals surface area contributed by atoms with Crippen molar-refractivity contribution in [3.8, 4) is 0 Å². The molecule has 0 aromatic heterocycles. The molecule has 1 aliphatic rings. The first-order valence-corrected chi connectivity index (χ1v) is 8.47. The van der Waals surface area contributed by atoms with Gasteiger partial charge in [-0.05, 0) is 17.7 Å². The van der Waals surface area contributed by atoms with Gasteiger partial charge in [0, 0.05) is 30.2 Å². The number of benzene rings is 1. The van der Waals surface area contributed by atoms with Gasteiger partial charge < -0.3 is 15.0 Å². The molecule has 0 aliphatic carbocycles. The molecule has 22 heavy (non-hydrogen) atoms. The van der Waals surface area contributed by atoms with Crippen LogP contribution in [-0.2, 0) is 20.9 Å². The van der Waals surface area contributed by atoms with Crippen LogP contribution in [0.5, 0.6) is 0 Å². The molecule has 1 aliphatic heterocycles. The zero-order chi connectivity index (χ0) is 15.9. The maximum Gasteiger partial charge on any atom is 0.224 e. The van der Waals surface area contributed by atoms with Crippen LogP contribution < -0.4 is 5.32 Å². The zero-order valence-corrected chi connectivity index (χ0v) is 13.5. The number of amides is 2. The Bertz CT molecular complexity index is 550. The Hall–Kier alpha value is -1.53. The monoisotopic (exact) mass is 340 g/mol. The Labute approximate surface area is 138 Å². The van der Waals surface area contributed by atoms with E-state index in [0.29, 0.717) is 23.2 Å². The average Bonchev–Trinajstić information content (AvgIpc) is 3.00. The number of thioether (sulfide) groups is 1. The summed E-state index contributed by atoms with van der Waals surface area (Å²) in [5, 5.41) is 3.41. The number of rotatable bonds is 6. The molecule has 1 saturated heterocycles. The van der Waals surface area contributed by atoms with E-state index in [2.05, 4.69) is 5.32 Å². The van der Waals surface area contributed by atoms with Gasteiger partial charge in [0.05, 0.1) is 11.9 Å². The van der Waals surface area contributed by atoms with Gasteiger partial charge in [0.15, 0.2) is 0 Å². The third-order valence-corrected chi connectivity index (χ3v) is 4.66. The number of nitrogens with one attached hydrogen (secondary N) is 1. The summed E-state index contributed by atoms with van der Waals surface area (Å²) in [6, 6.07) is 6.84. The summed E-state index contributed by atoms with van der Waals surface area (Å²) in [6.45, 7) is 0.403. The van der Waals surface area contributed by atoms with Gasteiger partial charge in [0.25, 0.3) is 0 Å². The van der Waals surface area contributed by atoms with E-state index in [4.69, 9.17) is 11.6 Å². The first-order chi connectivity index (χ1) is 10.6. The molecule has 1 heterocycles. The minimum absolute atomic E-state index is 0.122. The van der Waals surface area contributed by atoms with E-state index in [9.17, 15) is 14.4 Å². The molecule has 1 aromatic rings. The Morgan fingerprint density at radius 3 is 2.73 bits per heavy atom. The van der Waals surface area contributed by atoms with E-state index in [-0.39, 0.29) is 30.7 Å². The van der Waals surface area contributed by atoms with Crippen LogP contribution in [0.15, 0.2) is 24.3 Å². The van der Waals surface area contributed by atoms with Crippen LogP contribution in [0.1, 0.15) is 18.4 Å². The number of hydrogen-bond donors (Lipinski definition) is 1. The van der Waals surface area contributed by atoms with Crippen LogP contribution in [0.3, 0.4) is 0 Å². The van der Waals surface area contributed by atoms with Gasteiger partial charge in [-0.15, -0.1) is 11.8 Å². The first kappa shape index (κ1) is 16.8. The van der Waals surface area contributed by atoms with Crippen molar-refractivity contribution in [1.82, 2.24) is 10.2 Å². The Morgan fingerprint density at radius 2 is 2.05 bits per heavy atom. The summed E-state index contributed by atoms with van der Waals surface area (Å²) < 4.78 is 0. The highest BCUT2D eigenvalue weighted by molar-refractivity contribution is 7.99. The number of carbonyl (C=O) groups is 3. The molecule has 2 amide bonds. The molecule has 5 nitrogen and oxygen atoms in total. The minimum atomic E-state index is -0.352. The molecule has 0 bridgehead atoms. The summed E-state index contributed by atoms with van der Waals surface area (Å²) in [5.41, 5.74) is 0.945. The van der Waals surface area contributed by atoms with Gasteiger partial charge >= 0.3 is 0 Å². The molecule has 0 spiro atoms. The normalized spacial score (nSPS) is 17.3. The largest absolute Gasteiger partial charge is 0.352 e. The fourth-order valence-corrected chi connectivity index (χ4v) is 3.35. The maximum atomic E-state index is 12.0. The van der Waals surface area contributed by atoms with Crippen LogP contribution in [0.2, 0.25) is 5.02 Å². The van der Waals surface area contributed by atoms with Crippen LogP contribution >= 0.6 is 23.4 Å². The summed E-state index contributed by atoms with van der Waals surface area (Å²) in [4.78, 5) is 36.1. The summed E-state index contributed by atoms with van der Waals surface area (Å²) >= 11 is 7.34. The zero-order valence-electron chi connectivity index (χ0n) is 12.0. The van der Waals surface area contributed by atoms with Crippen molar-refractivity contribution in [1.29, 1.82) is 0 Å². The minimum Gasteiger partial charge on any atom is -0.352 e. The van der Waals surface area contributed by atoms with Crippen molar-refractivity contribution in [3.63, 3.8) is 0 Å². The fourth-order valence-electron chi connectivity index (χ4n) is 2.08. The Morgan fingerprint density at radius 1 is 1.32 bits per heavy atom. The number of nitrogens with zero attached hydrogens (tertiary/aromatic N) is 1. The molecule has 1 aromatic carbocycles. The van der Waals surface area contributed by atoms with Gasteiger partial charge in [0.1, 0.15) is 6.29 Å². The topological polar surface area (TPSA) is 66.5 Å². The van der Waals surface area contributed by atoms with E-state index >= 15 is 0 Å². The summed E-state index contributed by atoms with van der Waals surface area (Å²) in [5.74, 6) is 0.827. The van der Waals surface area contributed by atoms with Crippen molar-refractivity contribution in [2.45, 2.75) is 25.4 Å². The van der Waals surface area contributed by atoms with E-state index < -0.39 is 0 Å². The van der Waals surface area contributed by atoms with Gasteiger partial charge in [-0.1, -0.05) is 23.7 Å².